The van der Waals surface area contributed by atoms with Gasteiger partial charge in [0, 0.05) is 23.9 Å². The smallest absolute Gasteiger partial charge is 0.352 e. The van der Waals surface area contributed by atoms with Crippen molar-refractivity contribution in [3.05, 3.63) is 22.3 Å². The molecular weight excluding hydrogens is 494 g/mol. The summed E-state index contributed by atoms with van der Waals surface area (Å²) >= 11 is 3.75. The highest BCUT2D eigenvalue weighted by Gasteiger charge is 2.54. The van der Waals surface area contributed by atoms with Gasteiger partial charge in [-0.15, -0.1) is 28.2 Å². The van der Waals surface area contributed by atoms with Gasteiger partial charge >= 0.3 is 5.97 Å². The van der Waals surface area contributed by atoms with E-state index >= 15 is 0 Å². The summed E-state index contributed by atoms with van der Waals surface area (Å²) in [5.74, 6) is -1.77. The Morgan fingerprint density at radius 1 is 1.48 bits per heavy atom. The first-order valence-corrected chi connectivity index (χ1v) is 12.1. The predicted octanol–water partition coefficient (Wildman–Crippen LogP) is -0.870. The average Bonchev–Trinajstić information content (AvgIpc) is 3.40. The summed E-state index contributed by atoms with van der Waals surface area (Å²) in [4.78, 5) is 47.6. The summed E-state index contributed by atoms with van der Waals surface area (Å²) < 4.78 is 1.47. The molecule has 2 aliphatic heterocycles. The van der Waals surface area contributed by atoms with Crippen LogP contribution in [0.2, 0.25) is 0 Å². The van der Waals surface area contributed by atoms with Crippen molar-refractivity contribution in [2.45, 2.75) is 16.6 Å². The Labute approximate surface area is 198 Å². The van der Waals surface area contributed by atoms with Crippen LogP contribution < -0.4 is 11.1 Å². The van der Waals surface area contributed by atoms with Crippen molar-refractivity contribution >= 4 is 63.5 Å². The van der Waals surface area contributed by atoms with E-state index in [0.717, 1.165) is 11.3 Å². The molecule has 2 atom stereocenters. The number of carboxylic acid groups (broad SMARTS) is 1. The standard InChI is InChI=1S/C16H17N9O5S3/c1-24-16(20-22-23-24)33-4-6-3-31-13-9(12(27)25(13)10(6)14(28)29)19-11(26)8(21-30-2)7-5-32-15(17)18-7/h5,9,13H,3-4H2,1-2H3,(H2,17,18)(H,19,26)(H,28,29)/b21-8-/t9?,13-/m1/s1. The molecule has 0 saturated carbocycles. The Morgan fingerprint density at radius 2 is 2.27 bits per heavy atom. The third kappa shape index (κ3) is 4.38. The number of anilines is 1. The molecule has 0 spiro atoms. The average molecular weight is 512 g/mol. The normalized spacial score (nSPS) is 20.4. The Hall–Kier alpha value is -3.18. The van der Waals surface area contributed by atoms with Crippen LogP contribution in [0.3, 0.4) is 0 Å². The fraction of sp³-hybridized carbons (Fsp3) is 0.375. The van der Waals surface area contributed by atoms with Crippen LogP contribution in [0.15, 0.2) is 27.0 Å². The number of aryl methyl sites for hydroxylation is 1. The predicted molar refractivity (Wildman–Crippen MR) is 119 cm³/mol. The van der Waals surface area contributed by atoms with Crippen LogP contribution in [-0.4, -0.2) is 88.7 Å². The van der Waals surface area contributed by atoms with Gasteiger partial charge in [-0.3, -0.25) is 14.5 Å². The maximum atomic E-state index is 12.9. The number of thiazole rings is 1. The fourth-order valence-corrected chi connectivity index (χ4v) is 6.07. The van der Waals surface area contributed by atoms with Gasteiger partial charge in [-0.25, -0.2) is 14.5 Å². The number of nitrogen functional groups attached to an aromatic ring is 1. The molecule has 17 heteroatoms. The fourth-order valence-electron chi connectivity index (χ4n) is 3.19. The van der Waals surface area contributed by atoms with Crippen LogP contribution in [0.5, 0.6) is 0 Å². The quantitative estimate of drug-likeness (QED) is 0.172. The summed E-state index contributed by atoms with van der Waals surface area (Å²) in [5.41, 5.74) is 6.17. The highest BCUT2D eigenvalue weighted by molar-refractivity contribution is 8.01. The van der Waals surface area contributed by atoms with Crippen LogP contribution in [0.4, 0.5) is 5.13 Å². The van der Waals surface area contributed by atoms with E-state index in [4.69, 9.17) is 10.6 Å². The number of carboxylic acids is 1. The third-order valence-electron chi connectivity index (χ3n) is 4.66. The number of thioether (sulfide) groups is 2. The van der Waals surface area contributed by atoms with Gasteiger partial charge in [0.15, 0.2) is 10.8 Å². The number of hydrogen-bond donors (Lipinski definition) is 3. The highest BCUT2D eigenvalue weighted by Crippen LogP contribution is 2.41. The second kappa shape index (κ2) is 9.36. The van der Waals surface area contributed by atoms with Crippen molar-refractivity contribution in [3.63, 3.8) is 0 Å². The van der Waals surface area contributed by atoms with Crippen LogP contribution in [0.1, 0.15) is 5.69 Å². The molecule has 2 amide bonds. The Balaban J connectivity index is 1.49. The molecule has 0 aliphatic carbocycles. The van der Waals surface area contributed by atoms with Gasteiger partial charge in [-0.1, -0.05) is 16.9 Å². The van der Waals surface area contributed by atoms with E-state index in [2.05, 4.69) is 31.0 Å². The molecule has 4 N–H and O–H groups in total. The largest absolute Gasteiger partial charge is 0.477 e. The van der Waals surface area contributed by atoms with Crippen molar-refractivity contribution in [2.24, 2.45) is 12.2 Å². The second-order valence-corrected chi connectivity index (χ2v) is 9.62. The van der Waals surface area contributed by atoms with Gasteiger partial charge < -0.3 is 21.0 Å². The van der Waals surface area contributed by atoms with Crippen molar-refractivity contribution in [3.8, 4) is 0 Å². The zero-order chi connectivity index (χ0) is 23.7. The molecule has 174 valence electrons. The number of oxime groups is 1. The number of fused-ring (bicyclic) bond motifs is 1. The summed E-state index contributed by atoms with van der Waals surface area (Å²) in [6.45, 7) is 0. The number of aromatic nitrogens is 5. The first-order valence-electron chi connectivity index (χ1n) is 9.20. The molecule has 1 saturated heterocycles. The minimum absolute atomic E-state index is 0.0880. The molecule has 0 bridgehead atoms. The van der Waals surface area contributed by atoms with E-state index < -0.39 is 29.2 Å². The summed E-state index contributed by atoms with van der Waals surface area (Å²) in [6.07, 6.45) is 0. The lowest BCUT2D eigenvalue weighted by molar-refractivity contribution is -0.150. The van der Waals surface area contributed by atoms with E-state index in [0.29, 0.717) is 22.2 Å². The SMILES string of the molecule is CO/N=C(\C(=O)NC1C(=O)N2C(C(=O)O)=C(CSc3nnnn3C)CS[C@H]12)c1csc(N)n1. The van der Waals surface area contributed by atoms with Crippen molar-refractivity contribution < 1.29 is 24.3 Å². The number of carbonyl (C=O) groups excluding carboxylic acids is 2. The van der Waals surface area contributed by atoms with E-state index in [-0.39, 0.29) is 22.2 Å². The molecular formula is C16H17N9O5S3. The maximum Gasteiger partial charge on any atom is 0.352 e. The molecule has 0 radical (unpaired) electrons. The van der Waals surface area contributed by atoms with Crippen LogP contribution in [0, 0.1) is 0 Å². The lowest BCUT2D eigenvalue weighted by Gasteiger charge is -2.49. The van der Waals surface area contributed by atoms with E-state index in [1.165, 1.54) is 40.2 Å². The minimum Gasteiger partial charge on any atom is -0.477 e. The Morgan fingerprint density at radius 3 is 2.88 bits per heavy atom. The molecule has 4 heterocycles. The Kier molecular flexibility index (Phi) is 6.52. The van der Waals surface area contributed by atoms with Crippen molar-refractivity contribution in [2.75, 3.05) is 24.3 Å². The Bertz CT molecular complexity index is 1180. The first-order chi connectivity index (χ1) is 15.8. The molecule has 4 rings (SSSR count). The third-order valence-corrected chi connectivity index (χ3v) is 7.77. The van der Waals surface area contributed by atoms with Gasteiger partial charge in [-0.05, 0) is 16.0 Å². The van der Waals surface area contributed by atoms with E-state index in [1.807, 2.05) is 0 Å². The van der Waals surface area contributed by atoms with Crippen LogP contribution in [-0.2, 0) is 26.3 Å². The summed E-state index contributed by atoms with van der Waals surface area (Å²) in [7, 11) is 2.95. The number of carbonyl (C=O) groups is 3. The molecule has 2 aromatic rings. The molecule has 1 unspecified atom stereocenters. The summed E-state index contributed by atoms with van der Waals surface area (Å²) in [6, 6.07) is -0.924. The van der Waals surface area contributed by atoms with Gasteiger partial charge in [0.1, 0.15) is 29.9 Å². The number of amides is 2. The molecule has 1 fully saturated rings. The number of β-lactam (4-membered cyclic amide) rings is 1. The van der Waals surface area contributed by atoms with Crippen LogP contribution >= 0.6 is 34.9 Å². The number of tetrazole rings is 1. The number of aliphatic carboxylic acids is 1. The molecule has 0 aromatic carbocycles. The molecule has 33 heavy (non-hydrogen) atoms. The number of nitrogens with zero attached hydrogens (tertiary/aromatic N) is 7. The van der Waals surface area contributed by atoms with E-state index in [9.17, 15) is 19.5 Å². The number of hydrogen-bond acceptors (Lipinski definition) is 13. The highest BCUT2D eigenvalue weighted by atomic mass is 32.2. The zero-order valence-electron chi connectivity index (χ0n) is 17.2. The number of nitrogens with two attached hydrogens (primary N) is 1. The second-order valence-electron chi connectivity index (χ2n) is 6.69. The molecule has 2 aromatic heterocycles. The monoisotopic (exact) mass is 511 g/mol. The van der Waals surface area contributed by atoms with Gasteiger partial charge in [0.05, 0.1) is 0 Å². The van der Waals surface area contributed by atoms with Crippen LogP contribution in [0.25, 0.3) is 0 Å². The first kappa shape index (κ1) is 23.0. The maximum absolute atomic E-state index is 12.9. The van der Waals surface area contributed by atoms with Gasteiger partial charge in [-0.2, -0.15) is 0 Å². The number of rotatable bonds is 8. The lowest BCUT2D eigenvalue weighted by Crippen LogP contribution is -2.71. The molecule has 2 aliphatic rings. The van der Waals surface area contributed by atoms with Crippen molar-refractivity contribution in [1.82, 2.24) is 35.4 Å². The van der Waals surface area contributed by atoms with Gasteiger partial charge in [0.2, 0.25) is 5.16 Å². The topological polar surface area (TPSA) is 191 Å². The zero-order valence-corrected chi connectivity index (χ0v) is 19.6. The summed E-state index contributed by atoms with van der Waals surface area (Å²) in [5, 5.41) is 29.0. The molecule has 14 nitrogen and oxygen atoms in total. The van der Waals surface area contributed by atoms with Crippen molar-refractivity contribution in [1.29, 1.82) is 0 Å². The van der Waals surface area contributed by atoms with Gasteiger partial charge in [0.25, 0.3) is 11.8 Å². The number of nitrogens with one attached hydrogen (secondary N) is 1. The van der Waals surface area contributed by atoms with E-state index in [1.54, 1.807) is 12.4 Å². The lowest BCUT2D eigenvalue weighted by atomic mass is 10.0. The minimum atomic E-state index is -1.22.